The van der Waals surface area contributed by atoms with Crippen LogP contribution in [0.5, 0.6) is 0 Å². The van der Waals surface area contributed by atoms with Crippen LogP contribution in [0.2, 0.25) is 0 Å². The Labute approximate surface area is 179 Å². The van der Waals surface area contributed by atoms with Gasteiger partial charge in [-0.15, -0.1) is 0 Å². The first-order valence-corrected chi connectivity index (χ1v) is 10.7. The molecule has 0 saturated carbocycles. The minimum Gasteiger partial charge on any atom is -0.324 e. The Balaban J connectivity index is 1.60. The van der Waals surface area contributed by atoms with E-state index in [9.17, 15) is 18.8 Å². The minimum atomic E-state index is -1.23. The summed E-state index contributed by atoms with van der Waals surface area (Å²) in [6.45, 7) is 4.55. The van der Waals surface area contributed by atoms with E-state index in [1.165, 1.54) is 18.2 Å². The van der Waals surface area contributed by atoms with Crippen molar-refractivity contribution >= 4 is 29.1 Å². The number of hydrogen-bond acceptors (Lipinski definition) is 4. The molecule has 1 spiro atoms. The highest BCUT2D eigenvalue weighted by atomic mass is 19.1. The number of rotatable bonds is 1. The third kappa shape index (κ3) is 2.07. The summed E-state index contributed by atoms with van der Waals surface area (Å²) in [4.78, 5) is 44.1. The van der Waals surface area contributed by atoms with Gasteiger partial charge in [0.2, 0.25) is 17.7 Å². The lowest BCUT2D eigenvalue weighted by Gasteiger charge is -2.36. The Bertz CT molecular complexity index is 1190. The first-order chi connectivity index (χ1) is 14.9. The monoisotopic (exact) mass is 419 g/mol. The lowest BCUT2D eigenvalue weighted by atomic mass is 9.75. The normalized spacial score (nSPS) is 31.4. The Morgan fingerprint density at radius 1 is 1.10 bits per heavy atom. The van der Waals surface area contributed by atoms with Gasteiger partial charge in [-0.1, -0.05) is 29.8 Å². The Morgan fingerprint density at radius 3 is 2.65 bits per heavy atom. The second-order valence-corrected chi connectivity index (χ2v) is 9.09. The number of benzene rings is 2. The zero-order chi connectivity index (χ0) is 21.7. The number of halogens is 1. The van der Waals surface area contributed by atoms with Crippen molar-refractivity contribution in [2.75, 3.05) is 16.8 Å². The number of amides is 3. The second-order valence-electron chi connectivity index (χ2n) is 9.09. The molecule has 3 fully saturated rings. The molecule has 0 aromatic heterocycles. The van der Waals surface area contributed by atoms with Crippen LogP contribution in [0.15, 0.2) is 36.4 Å². The molecule has 0 unspecified atom stereocenters. The molecule has 3 amide bonds. The van der Waals surface area contributed by atoms with E-state index in [0.29, 0.717) is 6.54 Å². The number of carbonyl (C=O) groups excluding carboxylic acids is 3. The Hall–Kier alpha value is -3.06. The zero-order valence-electron chi connectivity index (χ0n) is 17.3. The van der Waals surface area contributed by atoms with E-state index in [0.717, 1.165) is 40.1 Å². The molecule has 0 aliphatic carbocycles. The van der Waals surface area contributed by atoms with Crippen LogP contribution in [-0.4, -0.2) is 35.2 Å². The highest BCUT2D eigenvalue weighted by Gasteiger charge is 2.74. The first-order valence-electron chi connectivity index (χ1n) is 10.7. The molecule has 7 heteroatoms. The number of aryl methyl sites for hydroxylation is 2. The van der Waals surface area contributed by atoms with Gasteiger partial charge < -0.3 is 5.32 Å². The molecule has 4 heterocycles. The minimum absolute atomic E-state index is 0.0364. The average Bonchev–Trinajstić information content (AvgIpc) is 3.42. The number of fused-ring (bicyclic) bond motifs is 7. The summed E-state index contributed by atoms with van der Waals surface area (Å²) in [7, 11) is 0. The van der Waals surface area contributed by atoms with E-state index in [4.69, 9.17) is 0 Å². The van der Waals surface area contributed by atoms with Crippen molar-refractivity contribution in [2.45, 2.75) is 38.3 Å². The third-order valence-electron chi connectivity index (χ3n) is 7.54. The fourth-order valence-corrected chi connectivity index (χ4v) is 6.53. The maximum Gasteiger partial charge on any atom is 0.250 e. The van der Waals surface area contributed by atoms with Crippen LogP contribution >= 0.6 is 0 Å². The number of anilines is 2. The second kappa shape index (κ2) is 6.01. The molecule has 6 nitrogen and oxygen atoms in total. The van der Waals surface area contributed by atoms with E-state index in [1.54, 1.807) is 6.07 Å². The molecule has 6 rings (SSSR count). The Morgan fingerprint density at radius 2 is 1.87 bits per heavy atom. The molecule has 31 heavy (non-hydrogen) atoms. The quantitative estimate of drug-likeness (QED) is 0.722. The number of nitrogens with one attached hydrogen (secondary N) is 1. The number of para-hydroxylation sites is 1. The third-order valence-corrected chi connectivity index (χ3v) is 7.54. The van der Waals surface area contributed by atoms with Gasteiger partial charge in [0.15, 0.2) is 0 Å². The van der Waals surface area contributed by atoms with Crippen LogP contribution in [0.25, 0.3) is 0 Å². The van der Waals surface area contributed by atoms with E-state index >= 15 is 0 Å². The van der Waals surface area contributed by atoms with Gasteiger partial charge in [-0.25, -0.2) is 9.29 Å². The molecule has 4 aliphatic heterocycles. The number of nitrogens with zero attached hydrogens (tertiary/aromatic N) is 2. The van der Waals surface area contributed by atoms with Crippen LogP contribution in [0.4, 0.5) is 15.8 Å². The highest BCUT2D eigenvalue weighted by molar-refractivity contribution is 6.26. The molecule has 0 radical (unpaired) electrons. The van der Waals surface area contributed by atoms with Crippen LogP contribution in [0.1, 0.15) is 29.5 Å². The number of imide groups is 1. The maximum atomic E-state index is 14.6. The van der Waals surface area contributed by atoms with Gasteiger partial charge in [0.05, 0.1) is 17.5 Å². The van der Waals surface area contributed by atoms with Crippen molar-refractivity contribution in [1.82, 2.24) is 4.90 Å². The molecule has 2 aromatic carbocycles. The average molecular weight is 419 g/mol. The van der Waals surface area contributed by atoms with Gasteiger partial charge in [0.25, 0.3) is 0 Å². The lowest BCUT2D eigenvalue weighted by molar-refractivity contribution is -0.135. The van der Waals surface area contributed by atoms with Crippen molar-refractivity contribution in [3.05, 3.63) is 58.9 Å². The summed E-state index contributed by atoms with van der Waals surface area (Å²) in [5.41, 5.74) is 2.16. The molecule has 0 bridgehead atoms. The predicted octanol–water partition coefficient (Wildman–Crippen LogP) is 2.87. The van der Waals surface area contributed by atoms with E-state index in [-0.39, 0.29) is 17.6 Å². The number of hydrogen-bond donors (Lipinski definition) is 1. The molecular formula is C24H22FN3O3. The van der Waals surface area contributed by atoms with Crippen LogP contribution in [0, 0.1) is 31.5 Å². The van der Waals surface area contributed by atoms with Gasteiger partial charge >= 0.3 is 0 Å². The summed E-state index contributed by atoms with van der Waals surface area (Å²) in [5.74, 6) is -3.30. The van der Waals surface area contributed by atoms with E-state index < -0.39 is 35.0 Å². The van der Waals surface area contributed by atoms with Gasteiger partial charge in [0.1, 0.15) is 11.4 Å². The lowest BCUT2D eigenvalue weighted by Crippen LogP contribution is -2.54. The maximum absolute atomic E-state index is 14.6. The SMILES string of the molecule is Cc1cc(C)c2c(c1)[C@@]1(C(=O)N2)[C@@H]2C(=O)N(c3ccccc3F)C(=O)[C@@H]2[C@H]2CCCN21. The van der Waals surface area contributed by atoms with Crippen molar-refractivity contribution in [1.29, 1.82) is 0 Å². The summed E-state index contributed by atoms with van der Waals surface area (Å²) in [6, 6.07) is 9.57. The smallest absolute Gasteiger partial charge is 0.250 e. The van der Waals surface area contributed by atoms with E-state index in [2.05, 4.69) is 10.2 Å². The molecule has 1 N–H and O–H groups in total. The highest BCUT2D eigenvalue weighted by Crippen LogP contribution is 2.61. The van der Waals surface area contributed by atoms with Crippen LogP contribution in [0.3, 0.4) is 0 Å². The van der Waals surface area contributed by atoms with Gasteiger partial charge in [-0.3, -0.25) is 19.3 Å². The summed E-state index contributed by atoms with van der Waals surface area (Å²) in [5, 5.41) is 3.02. The van der Waals surface area contributed by atoms with Gasteiger partial charge in [-0.2, -0.15) is 0 Å². The topological polar surface area (TPSA) is 69.7 Å². The molecular weight excluding hydrogens is 397 g/mol. The van der Waals surface area contributed by atoms with Gasteiger partial charge in [-0.05, 0) is 50.9 Å². The molecule has 2 aromatic rings. The largest absolute Gasteiger partial charge is 0.324 e. The van der Waals surface area contributed by atoms with Gasteiger partial charge in [0, 0.05) is 17.3 Å². The summed E-state index contributed by atoms with van der Waals surface area (Å²) in [6.07, 6.45) is 1.59. The van der Waals surface area contributed by atoms with Crippen molar-refractivity contribution in [3.63, 3.8) is 0 Å². The predicted molar refractivity (Wildman–Crippen MR) is 112 cm³/mol. The summed E-state index contributed by atoms with van der Waals surface area (Å²) < 4.78 is 14.6. The van der Waals surface area contributed by atoms with Crippen LogP contribution in [-0.2, 0) is 19.9 Å². The summed E-state index contributed by atoms with van der Waals surface area (Å²) >= 11 is 0. The van der Waals surface area contributed by atoms with Crippen molar-refractivity contribution in [3.8, 4) is 0 Å². The fourth-order valence-electron chi connectivity index (χ4n) is 6.53. The number of carbonyl (C=O) groups is 3. The Kier molecular flexibility index (Phi) is 3.62. The standard InChI is InChI=1S/C24H22FN3O3/c1-12-10-13(2)20-14(11-12)24(23(31)26-20)19-18(17-8-5-9-27(17)24)21(29)28(22(19)30)16-7-4-3-6-15(16)25/h3-4,6-7,10-11,17-19H,5,8-9H2,1-2H3,(H,26,31)/t17-,18-,19+,24+/m1/s1. The van der Waals surface area contributed by atoms with Crippen LogP contribution < -0.4 is 10.2 Å². The fraction of sp³-hybridized carbons (Fsp3) is 0.375. The molecule has 158 valence electrons. The first kappa shape index (κ1) is 18.7. The van der Waals surface area contributed by atoms with Crippen molar-refractivity contribution in [2.24, 2.45) is 11.8 Å². The van der Waals surface area contributed by atoms with E-state index in [1.807, 2.05) is 26.0 Å². The molecule has 4 atom stereocenters. The molecule has 3 saturated heterocycles. The van der Waals surface area contributed by atoms with Crippen molar-refractivity contribution < 1.29 is 18.8 Å². The zero-order valence-corrected chi connectivity index (χ0v) is 17.3. The molecule has 4 aliphatic rings.